The van der Waals surface area contributed by atoms with E-state index in [0.29, 0.717) is 0 Å². The Balaban J connectivity index is 1.61. The van der Waals surface area contributed by atoms with E-state index in [4.69, 9.17) is 4.74 Å². The van der Waals surface area contributed by atoms with E-state index >= 15 is 0 Å². The van der Waals surface area contributed by atoms with Crippen molar-refractivity contribution < 1.29 is 9.84 Å². The molecule has 1 aromatic rings. The van der Waals surface area contributed by atoms with Crippen LogP contribution in [0.25, 0.3) is 0 Å². The molecule has 0 saturated heterocycles. The molecule has 0 heterocycles. The first kappa shape index (κ1) is 15.3. The normalized spacial score (nSPS) is 26.4. The van der Waals surface area contributed by atoms with Crippen molar-refractivity contribution in [1.29, 1.82) is 0 Å². The molecule has 0 aromatic heterocycles. The summed E-state index contributed by atoms with van der Waals surface area (Å²) in [5.74, 6) is 0.844. The van der Waals surface area contributed by atoms with Crippen molar-refractivity contribution in [1.82, 2.24) is 5.32 Å². The molecule has 2 aliphatic rings. The van der Waals surface area contributed by atoms with E-state index in [1.165, 1.54) is 24.8 Å². The van der Waals surface area contributed by atoms with E-state index in [1.807, 2.05) is 6.07 Å². The van der Waals surface area contributed by atoms with E-state index in [-0.39, 0.29) is 12.2 Å². The van der Waals surface area contributed by atoms with Crippen LogP contribution in [-0.2, 0) is 6.54 Å². The van der Waals surface area contributed by atoms with Gasteiger partial charge in [0, 0.05) is 12.6 Å². The van der Waals surface area contributed by atoms with Crippen LogP contribution in [0.1, 0.15) is 50.5 Å². The zero-order valence-corrected chi connectivity index (χ0v) is 13.9. The Morgan fingerprint density at radius 3 is 2.71 bits per heavy atom. The number of hydrogen-bond acceptors (Lipinski definition) is 3. The molecule has 2 unspecified atom stereocenters. The van der Waals surface area contributed by atoms with Crippen LogP contribution in [0.5, 0.6) is 5.75 Å². The highest BCUT2D eigenvalue weighted by Gasteiger charge is 2.24. The molecule has 21 heavy (non-hydrogen) atoms. The number of rotatable bonds is 5. The van der Waals surface area contributed by atoms with E-state index in [0.717, 1.165) is 48.5 Å². The van der Waals surface area contributed by atoms with Crippen molar-refractivity contribution in [3.05, 3.63) is 28.2 Å². The van der Waals surface area contributed by atoms with Crippen LogP contribution in [-0.4, -0.2) is 23.4 Å². The summed E-state index contributed by atoms with van der Waals surface area (Å²) in [5, 5.41) is 13.7. The SMILES string of the molecule is OC1CCCCCC1Oc1ccc(CNC2CC2)cc1Br. The fourth-order valence-electron chi connectivity index (χ4n) is 2.85. The molecule has 2 fully saturated rings. The minimum Gasteiger partial charge on any atom is -0.487 e. The third-order valence-corrected chi connectivity index (χ3v) is 4.98. The third-order valence-electron chi connectivity index (χ3n) is 4.36. The molecule has 0 spiro atoms. The van der Waals surface area contributed by atoms with Crippen molar-refractivity contribution in [3.8, 4) is 5.75 Å². The van der Waals surface area contributed by atoms with Crippen LogP contribution >= 0.6 is 15.9 Å². The van der Waals surface area contributed by atoms with Crippen molar-refractivity contribution in [2.24, 2.45) is 0 Å². The fraction of sp³-hybridized carbons (Fsp3) is 0.647. The van der Waals surface area contributed by atoms with Gasteiger partial charge in [0.25, 0.3) is 0 Å². The van der Waals surface area contributed by atoms with Gasteiger partial charge in [0.15, 0.2) is 0 Å². The summed E-state index contributed by atoms with van der Waals surface area (Å²) in [5.41, 5.74) is 1.27. The molecule has 3 nitrogen and oxygen atoms in total. The lowest BCUT2D eigenvalue weighted by Gasteiger charge is -2.23. The number of hydrogen-bond donors (Lipinski definition) is 2. The highest BCUT2D eigenvalue weighted by Crippen LogP contribution is 2.30. The van der Waals surface area contributed by atoms with Crippen LogP contribution in [0.4, 0.5) is 0 Å². The third kappa shape index (κ3) is 4.44. The molecule has 4 heteroatoms. The van der Waals surface area contributed by atoms with Crippen LogP contribution in [0.2, 0.25) is 0 Å². The van der Waals surface area contributed by atoms with E-state index in [1.54, 1.807) is 0 Å². The summed E-state index contributed by atoms with van der Waals surface area (Å²) in [6.45, 7) is 0.912. The van der Waals surface area contributed by atoms with Crippen molar-refractivity contribution in [2.75, 3.05) is 0 Å². The van der Waals surface area contributed by atoms with Crippen molar-refractivity contribution >= 4 is 15.9 Å². The number of aliphatic hydroxyl groups is 1. The molecule has 2 N–H and O–H groups in total. The topological polar surface area (TPSA) is 41.5 Å². The van der Waals surface area contributed by atoms with Crippen molar-refractivity contribution in [2.45, 2.75) is 69.7 Å². The lowest BCUT2D eigenvalue weighted by Crippen LogP contribution is -2.30. The Morgan fingerprint density at radius 2 is 1.95 bits per heavy atom. The summed E-state index contributed by atoms with van der Waals surface area (Å²) in [7, 11) is 0. The van der Waals surface area contributed by atoms with Gasteiger partial charge in [-0.2, -0.15) is 0 Å². The summed E-state index contributed by atoms with van der Waals surface area (Å²) in [6, 6.07) is 6.97. The van der Waals surface area contributed by atoms with Crippen LogP contribution in [0.3, 0.4) is 0 Å². The predicted molar refractivity (Wildman–Crippen MR) is 87.5 cm³/mol. The minimum absolute atomic E-state index is 0.0701. The highest BCUT2D eigenvalue weighted by molar-refractivity contribution is 9.10. The molecule has 3 rings (SSSR count). The first-order valence-electron chi connectivity index (χ1n) is 8.09. The predicted octanol–water partition coefficient (Wildman–Crippen LogP) is 3.77. The first-order chi connectivity index (χ1) is 10.2. The highest BCUT2D eigenvalue weighted by atomic mass is 79.9. The van der Waals surface area contributed by atoms with Gasteiger partial charge in [-0.3, -0.25) is 0 Å². The van der Waals surface area contributed by atoms with Gasteiger partial charge < -0.3 is 15.2 Å². The zero-order chi connectivity index (χ0) is 14.7. The number of aliphatic hydroxyl groups excluding tert-OH is 1. The Labute approximate surface area is 135 Å². The molecular formula is C17H24BrNO2. The number of halogens is 1. The lowest BCUT2D eigenvalue weighted by molar-refractivity contribution is 0.0315. The summed E-state index contributed by atoms with van der Waals surface area (Å²) >= 11 is 3.60. The average molecular weight is 354 g/mol. The molecule has 0 amide bonds. The zero-order valence-electron chi connectivity index (χ0n) is 12.4. The Bertz CT molecular complexity index is 476. The van der Waals surface area contributed by atoms with Gasteiger partial charge in [0.1, 0.15) is 11.9 Å². The minimum atomic E-state index is -0.337. The van der Waals surface area contributed by atoms with Gasteiger partial charge in [-0.15, -0.1) is 0 Å². The van der Waals surface area contributed by atoms with Crippen LogP contribution in [0, 0.1) is 0 Å². The second-order valence-corrected chi connectivity index (χ2v) is 7.14. The Morgan fingerprint density at radius 1 is 1.14 bits per heavy atom. The number of benzene rings is 1. The molecule has 0 aliphatic heterocycles. The number of nitrogens with one attached hydrogen (secondary N) is 1. The monoisotopic (exact) mass is 353 g/mol. The van der Waals surface area contributed by atoms with Crippen LogP contribution in [0.15, 0.2) is 22.7 Å². The maximum atomic E-state index is 10.2. The average Bonchev–Trinajstić information content (AvgIpc) is 3.29. The molecule has 116 valence electrons. The molecule has 2 saturated carbocycles. The van der Waals surface area contributed by atoms with E-state index in [9.17, 15) is 5.11 Å². The van der Waals surface area contributed by atoms with Gasteiger partial charge in [0.2, 0.25) is 0 Å². The van der Waals surface area contributed by atoms with Crippen LogP contribution < -0.4 is 10.1 Å². The smallest absolute Gasteiger partial charge is 0.134 e. The van der Waals surface area contributed by atoms with Gasteiger partial charge in [-0.25, -0.2) is 0 Å². The Hall–Kier alpha value is -0.580. The maximum Gasteiger partial charge on any atom is 0.134 e. The second kappa shape index (κ2) is 7.12. The molecule has 2 atom stereocenters. The molecular weight excluding hydrogens is 330 g/mol. The molecule has 2 aliphatic carbocycles. The quantitative estimate of drug-likeness (QED) is 0.791. The standard InChI is InChI=1S/C17H24BrNO2/c18-14-10-12(11-19-13-7-8-13)6-9-16(14)21-17-5-3-1-2-4-15(17)20/h6,9-10,13,15,17,19-20H,1-5,7-8,11H2. The number of ether oxygens (including phenoxy) is 1. The Kier molecular flexibility index (Phi) is 5.19. The van der Waals surface area contributed by atoms with Crippen molar-refractivity contribution in [3.63, 3.8) is 0 Å². The molecule has 1 aromatic carbocycles. The summed E-state index contributed by atoms with van der Waals surface area (Å²) < 4.78 is 7.03. The molecule has 0 bridgehead atoms. The summed E-state index contributed by atoms with van der Waals surface area (Å²) in [4.78, 5) is 0. The van der Waals surface area contributed by atoms with E-state index < -0.39 is 0 Å². The van der Waals surface area contributed by atoms with Gasteiger partial charge in [-0.05, 0) is 65.7 Å². The summed E-state index contributed by atoms with van der Waals surface area (Å²) in [6.07, 6.45) is 7.45. The fourth-order valence-corrected chi connectivity index (χ4v) is 3.37. The maximum absolute atomic E-state index is 10.2. The first-order valence-corrected chi connectivity index (χ1v) is 8.88. The van der Waals surface area contributed by atoms with Gasteiger partial charge >= 0.3 is 0 Å². The largest absolute Gasteiger partial charge is 0.487 e. The lowest BCUT2D eigenvalue weighted by atomic mass is 10.1. The van der Waals surface area contributed by atoms with E-state index in [2.05, 4.69) is 33.4 Å². The van der Waals surface area contributed by atoms with Gasteiger partial charge in [-0.1, -0.05) is 18.9 Å². The molecule has 0 radical (unpaired) electrons. The van der Waals surface area contributed by atoms with Gasteiger partial charge in [0.05, 0.1) is 10.6 Å². The second-order valence-electron chi connectivity index (χ2n) is 6.28.